The fraction of sp³-hybridized carbons (Fsp3) is 0.273. The number of hydrogen-bond acceptors (Lipinski definition) is 5. The number of ether oxygens (including phenoxy) is 2. The minimum Gasteiger partial charge on any atom is -0.493 e. The van der Waals surface area contributed by atoms with Crippen LogP contribution in [0.1, 0.15) is 23.1 Å². The molecule has 0 atom stereocenters. The average Bonchev–Trinajstić information content (AvgIpc) is 2.92. The van der Waals surface area contributed by atoms with Crippen molar-refractivity contribution in [1.29, 1.82) is 0 Å². The summed E-state index contributed by atoms with van der Waals surface area (Å²) in [5.74, 6) is 1.45. The average molecular weight is 448 g/mol. The Hall–Kier alpha value is -2.02. The second-order valence-electron chi connectivity index (χ2n) is 6.74. The Balaban J connectivity index is 1.61. The number of aryl methyl sites for hydroxylation is 2. The fourth-order valence-electron chi connectivity index (χ4n) is 2.74. The maximum Gasteiger partial charge on any atom is 0.265 e. The first-order chi connectivity index (χ1) is 13.8. The lowest BCUT2D eigenvalue weighted by Gasteiger charge is -2.12. The van der Waals surface area contributed by atoms with Crippen LogP contribution in [-0.4, -0.2) is 35.4 Å². The molecule has 4 nitrogen and oxygen atoms in total. The summed E-state index contributed by atoms with van der Waals surface area (Å²) < 4.78 is 12.3. The van der Waals surface area contributed by atoms with E-state index in [9.17, 15) is 4.79 Å². The van der Waals surface area contributed by atoms with Crippen molar-refractivity contribution in [3.05, 3.63) is 63.0 Å². The van der Waals surface area contributed by atoms with Crippen LogP contribution in [0.25, 0.3) is 6.08 Å². The van der Waals surface area contributed by atoms with E-state index < -0.39 is 0 Å². The number of likely N-dealkylation sites (N-methyl/N-ethyl adjacent to an activating group) is 1. The number of halogens is 1. The second kappa shape index (κ2) is 9.65. The molecule has 2 aromatic rings. The van der Waals surface area contributed by atoms with Gasteiger partial charge in [-0.1, -0.05) is 47.7 Å². The van der Waals surface area contributed by atoms with Gasteiger partial charge in [-0.3, -0.25) is 9.69 Å². The van der Waals surface area contributed by atoms with E-state index in [0.717, 1.165) is 23.3 Å². The zero-order valence-corrected chi connectivity index (χ0v) is 18.9. The predicted octanol–water partition coefficient (Wildman–Crippen LogP) is 5.64. The Morgan fingerprint density at radius 2 is 1.83 bits per heavy atom. The highest BCUT2D eigenvalue weighted by Crippen LogP contribution is 2.34. The Bertz CT molecular complexity index is 975. The first kappa shape index (κ1) is 21.7. The zero-order chi connectivity index (χ0) is 21.0. The smallest absolute Gasteiger partial charge is 0.265 e. The van der Waals surface area contributed by atoms with Crippen LogP contribution in [0.5, 0.6) is 11.5 Å². The largest absolute Gasteiger partial charge is 0.493 e. The molecular formula is C22H22ClNO3S2. The highest BCUT2D eigenvalue weighted by atomic mass is 35.5. The normalized spacial score (nSPS) is 15.3. The van der Waals surface area contributed by atoms with Crippen molar-refractivity contribution in [3.63, 3.8) is 0 Å². The molecule has 1 aliphatic heterocycles. The SMILES string of the molecule is Cc1ccc(C)c(OCCCOc2ccc(Cl)cc2/C=C2/SC(=S)N(C)C2=O)c1. The number of rotatable bonds is 7. The molecule has 29 heavy (non-hydrogen) atoms. The quantitative estimate of drug-likeness (QED) is 0.312. The number of carbonyl (C=O) groups excluding carboxylic acids is 1. The second-order valence-corrected chi connectivity index (χ2v) is 8.85. The van der Waals surface area contributed by atoms with E-state index in [1.807, 2.05) is 26.0 Å². The molecule has 1 heterocycles. The van der Waals surface area contributed by atoms with Crippen molar-refractivity contribution in [3.8, 4) is 11.5 Å². The van der Waals surface area contributed by atoms with E-state index in [2.05, 4.69) is 12.1 Å². The number of amides is 1. The van der Waals surface area contributed by atoms with Crippen LogP contribution in [0.2, 0.25) is 5.02 Å². The molecule has 2 aromatic carbocycles. The number of carbonyl (C=O) groups is 1. The molecule has 1 amide bonds. The molecule has 1 saturated heterocycles. The summed E-state index contributed by atoms with van der Waals surface area (Å²) in [6.45, 7) is 5.12. The standard InChI is InChI=1S/C22H22ClNO3S2/c1-14-5-6-15(2)19(11-14)27-10-4-9-26-18-8-7-17(23)12-16(18)13-20-21(25)24(3)22(28)29-20/h5-8,11-13H,4,9-10H2,1-3H3/b20-13+. The maximum absolute atomic E-state index is 12.3. The van der Waals surface area contributed by atoms with Gasteiger partial charge in [0.05, 0.1) is 18.1 Å². The van der Waals surface area contributed by atoms with E-state index in [4.69, 9.17) is 33.3 Å². The molecule has 1 aliphatic rings. The fourth-order valence-corrected chi connectivity index (χ4v) is 4.09. The van der Waals surface area contributed by atoms with Crippen LogP contribution >= 0.6 is 35.6 Å². The van der Waals surface area contributed by atoms with Crippen LogP contribution < -0.4 is 9.47 Å². The van der Waals surface area contributed by atoms with Gasteiger partial charge in [0.1, 0.15) is 15.8 Å². The van der Waals surface area contributed by atoms with E-state index in [-0.39, 0.29) is 5.91 Å². The van der Waals surface area contributed by atoms with Gasteiger partial charge >= 0.3 is 0 Å². The van der Waals surface area contributed by atoms with Crippen molar-refractivity contribution in [1.82, 2.24) is 4.90 Å². The first-order valence-electron chi connectivity index (χ1n) is 9.19. The van der Waals surface area contributed by atoms with Crippen molar-refractivity contribution >= 4 is 51.9 Å². The van der Waals surface area contributed by atoms with Gasteiger partial charge in [-0.25, -0.2) is 0 Å². The third kappa shape index (κ3) is 5.53. The lowest BCUT2D eigenvalue weighted by atomic mass is 10.1. The van der Waals surface area contributed by atoms with Crippen LogP contribution in [0.3, 0.4) is 0 Å². The van der Waals surface area contributed by atoms with Crippen molar-refractivity contribution in [2.24, 2.45) is 0 Å². The van der Waals surface area contributed by atoms with Crippen molar-refractivity contribution in [2.75, 3.05) is 20.3 Å². The molecule has 0 aliphatic carbocycles. The van der Waals surface area contributed by atoms with Crippen LogP contribution in [0.4, 0.5) is 0 Å². The summed E-state index contributed by atoms with van der Waals surface area (Å²) in [6.07, 6.45) is 2.50. The van der Waals surface area contributed by atoms with E-state index >= 15 is 0 Å². The summed E-state index contributed by atoms with van der Waals surface area (Å²) in [4.78, 5) is 14.3. The number of thioether (sulfide) groups is 1. The molecule has 3 rings (SSSR count). The van der Waals surface area contributed by atoms with Crippen molar-refractivity contribution < 1.29 is 14.3 Å². The summed E-state index contributed by atoms with van der Waals surface area (Å²) in [5, 5.41) is 0.578. The van der Waals surface area contributed by atoms with Gasteiger partial charge in [-0.05, 0) is 55.3 Å². The molecule has 0 N–H and O–H groups in total. The molecule has 0 spiro atoms. The number of nitrogens with zero attached hydrogens (tertiary/aromatic N) is 1. The third-order valence-electron chi connectivity index (χ3n) is 4.39. The molecule has 7 heteroatoms. The lowest BCUT2D eigenvalue weighted by molar-refractivity contribution is -0.121. The van der Waals surface area contributed by atoms with Gasteiger partial charge in [0.25, 0.3) is 5.91 Å². The Morgan fingerprint density at radius 1 is 1.10 bits per heavy atom. The molecular weight excluding hydrogens is 426 g/mol. The summed E-state index contributed by atoms with van der Waals surface area (Å²) in [5.41, 5.74) is 3.04. The van der Waals surface area contributed by atoms with Gasteiger partial charge in [0.2, 0.25) is 0 Å². The molecule has 1 fully saturated rings. The minimum absolute atomic E-state index is 0.118. The number of thiocarbonyl (C=S) groups is 1. The summed E-state index contributed by atoms with van der Waals surface area (Å²) >= 11 is 12.6. The Labute approximate surface area is 185 Å². The van der Waals surface area contributed by atoms with E-state index in [0.29, 0.717) is 33.2 Å². The number of hydrogen-bond donors (Lipinski definition) is 0. The summed E-state index contributed by atoms with van der Waals surface area (Å²) in [7, 11) is 1.67. The molecule has 0 bridgehead atoms. The highest BCUT2D eigenvalue weighted by molar-refractivity contribution is 8.26. The minimum atomic E-state index is -0.118. The molecule has 0 aromatic heterocycles. The summed E-state index contributed by atoms with van der Waals surface area (Å²) in [6, 6.07) is 11.5. The van der Waals surface area contributed by atoms with Crippen LogP contribution in [0.15, 0.2) is 41.3 Å². The Morgan fingerprint density at radius 3 is 2.52 bits per heavy atom. The van der Waals surface area contributed by atoms with E-state index in [1.54, 1.807) is 25.3 Å². The topological polar surface area (TPSA) is 38.8 Å². The lowest BCUT2D eigenvalue weighted by Crippen LogP contribution is -2.22. The van der Waals surface area contributed by atoms with Gasteiger partial charge in [0.15, 0.2) is 0 Å². The first-order valence-corrected chi connectivity index (χ1v) is 10.8. The molecule has 152 valence electrons. The van der Waals surface area contributed by atoms with E-state index in [1.165, 1.54) is 22.2 Å². The predicted molar refractivity (Wildman–Crippen MR) is 124 cm³/mol. The van der Waals surface area contributed by atoms with Crippen molar-refractivity contribution in [2.45, 2.75) is 20.3 Å². The van der Waals surface area contributed by atoms with Gasteiger partial charge in [0, 0.05) is 24.1 Å². The third-order valence-corrected chi connectivity index (χ3v) is 6.11. The van der Waals surface area contributed by atoms with Crippen LogP contribution in [0, 0.1) is 13.8 Å². The zero-order valence-electron chi connectivity index (χ0n) is 16.5. The Kier molecular flexibility index (Phi) is 7.22. The van der Waals surface area contributed by atoms with Gasteiger partial charge in [-0.15, -0.1) is 0 Å². The highest BCUT2D eigenvalue weighted by Gasteiger charge is 2.29. The van der Waals surface area contributed by atoms with Gasteiger partial charge in [-0.2, -0.15) is 0 Å². The van der Waals surface area contributed by atoms with Crippen LogP contribution in [-0.2, 0) is 4.79 Å². The molecule has 0 unspecified atom stereocenters. The molecule has 0 radical (unpaired) electrons. The number of benzene rings is 2. The van der Waals surface area contributed by atoms with Gasteiger partial charge < -0.3 is 9.47 Å². The monoisotopic (exact) mass is 447 g/mol. The molecule has 0 saturated carbocycles. The maximum atomic E-state index is 12.3.